The Bertz CT molecular complexity index is 280. The molecule has 0 saturated heterocycles. The van der Waals surface area contributed by atoms with Crippen LogP contribution in [0.5, 0.6) is 0 Å². The second-order valence-electron chi connectivity index (χ2n) is 3.05. The first-order valence-electron chi connectivity index (χ1n) is 4.99. The number of ether oxygens (including phenoxy) is 1. The predicted octanol–water partition coefficient (Wildman–Crippen LogP) is 0.546. The number of rotatable bonds is 7. The first kappa shape index (κ1) is 12.4. The molecular formula is C9H17N3O2S. The van der Waals surface area contributed by atoms with Crippen LogP contribution in [-0.2, 0) is 11.2 Å². The number of nitrogens with zero attached hydrogens (tertiary/aromatic N) is 3. The molecule has 0 amide bonds. The van der Waals surface area contributed by atoms with Crippen LogP contribution < -0.4 is 4.90 Å². The molecule has 86 valence electrons. The van der Waals surface area contributed by atoms with Gasteiger partial charge in [-0.15, -0.1) is 0 Å². The van der Waals surface area contributed by atoms with Gasteiger partial charge in [-0.05, 0) is 0 Å². The smallest absolute Gasteiger partial charge is 0.205 e. The fourth-order valence-electron chi connectivity index (χ4n) is 1.14. The Hall–Kier alpha value is -0.720. The molecule has 0 aliphatic heterocycles. The third-order valence-corrected chi connectivity index (χ3v) is 2.79. The van der Waals surface area contributed by atoms with Crippen LogP contribution in [0.3, 0.4) is 0 Å². The molecule has 0 aliphatic rings. The van der Waals surface area contributed by atoms with Gasteiger partial charge in [-0.2, -0.15) is 4.37 Å². The van der Waals surface area contributed by atoms with Crippen molar-refractivity contribution >= 4 is 16.7 Å². The molecule has 0 unspecified atom stereocenters. The summed E-state index contributed by atoms with van der Waals surface area (Å²) in [7, 11) is 1.66. The van der Waals surface area contributed by atoms with Gasteiger partial charge in [0.2, 0.25) is 5.13 Å². The minimum absolute atomic E-state index is 0.116. The summed E-state index contributed by atoms with van der Waals surface area (Å²) in [4.78, 5) is 6.35. The molecule has 0 bridgehead atoms. The van der Waals surface area contributed by atoms with Gasteiger partial charge in [-0.3, -0.25) is 0 Å². The van der Waals surface area contributed by atoms with Crippen molar-refractivity contribution in [1.29, 1.82) is 0 Å². The lowest BCUT2D eigenvalue weighted by Gasteiger charge is -2.19. The minimum atomic E-state index is 0.116. The van der Waals surface area contributed by atoms with Gasteiger partial charge >= 0.3 is 0 Å². The number of hydrogen-bond acceptors (Lipinski definition) is 6. The van der Waals surface area contributed by atoms with Crippen molar-refractivity contribution in [3.63, 3.8) is 0 Å². The molecule has 0 fully saturated rings. The van der Waals surface area contributed by atoms with E-state index in [-0.39, 0.29) is 6.61 Å². The van der Waals surface area contributed by atoms with Gasteiger partial charge in [0.15, 0.2) is 0 Å². The molecule has 0 saturated carbocycles. The highest BCUT2D eigenvalue weighted by Crippen LogP contribution is 2.16. The summed E-state index contributed by atoms with van der Waals surface area (Å²) in [6.07, 6.45) is 0.841. The van der Waals surface area contributed by atoms with Crippen molar-refractivity contribution in [2.45, 2.75) is 13.3 Å². The molecule has 0 aliphatic carbocycles. The predicted molar refractivity (Wildman–Crippen MR) is 60.5 cm³/mol. The zero-order chi connectivity index (χ0) is 11.1. The van der Waals surface area contributed by atoms with E-state index in [4.69, 9.17) is 9.84 Å². The average Bonchev–Trinajstić information content (AvgIpc) is 2.72. The summed E-state index contributed by atoms with van der Waals surface area (Å²) < 4.78 is 9.22. The standard InChI is InChI=1S/C9H17N3O2S/c1-3-8-10-9(15-11-8)12(4-6-13)5-7-14-2/h13H,3-7H2,1-2H3. The average molecular weight is 231 g/mol. The van der Waals surface area contributed by atoms with Crippen LogP contribution >= 0.6 is 11.5 Å². The van der Waals surface area contributed by atoms with Crippen molar-refractivity contribution in [3.05, 3.63) is 5.82 Å². The third kappa shape index (κ3) is 3.73. The van der Waals surface area contributed by atoms with Crippen LogP contribution in [0.2, 0.25) is 0 Å². The first-order chi connectivity index (χ1) is 7.31. The topological polar surface area (TPSA) is 58.5 Å². The summed E-state index contributed by atoms with van der Waals surface area (Å²) in [6.45, 7) is 4.07. The Kier molecular flexibility index (Phi) is 5.52. The summed E-state index contributed by atoms with van der Waals surface area (Å²) in [5, 5.41) is 9.79. The zero-order valence-corrected chi connectivity index (χ0v) is 9.96. The molecule has 0 atom stereocenters. The zero-order valence-electron chi connectivity index (χ0n) is 9.14. The molecule has 6 heteroatoms. The van der Waals surface area contributed by atoms with Crippen LogP contribution in [0.4, 0.5) is 5.13 Å². The van der Waals surface area contributed by atoms with Gasteiger partial charge in [-0.25, -0.2) is 4.98 Å². The normalized spacial score (nSPS) is 10.6. The van der Waals surface area contributed by atoms with E-state index < -0.39 is 0 Å². The highest BCUT2D eigenvalue weighted by atomic mass is 32.1. The van der Waals surface area contributed by atoms with Gasteiger partial charge in [-0.1, -0.05) is 6.92 Å². The lowest BCUT2D eigenvalue weighted by molar-refractivity contribution is 0.203. The number of aliphatic hydroxyl groups excluding tert-OH is 1. The van der Waals surface area contributed by atoms with E-state index in [1.807, 2.05) is 11.8 Å². The lowest BCUT2D eigenvalue weighted by Crippen LogP contribution is -2.30. The molecule has 1 N–H and O–H groups in total. The molecule has 1 rings (SSSR count). The van der Waals surface area contributed by atoms with Crippen LogP contribution in [0.25, 0.3) is 0 Å². The number of hydrogen-bond donors (Lipinski definition) is 1. The summed E-state index contributed by atoms with van der Waals surface area (Å²) in [6, 6.07) is 0. The maximum Gasteiger partial charge on any atom is 0.205 e. The maximum absolute atomic E-state index is 8.94. The number of anilines is 1. The van der Waals surface area contributed by atoms with Gasteiger partial charge in [0, 0.05) is 38.2 Å². The Balaban J connectivity index is 2.60. The molecule has 5 nitrogen and oxygen atoms in total. The van der Waals surface area contributed by atoms with E-state index in [2.05, 4.69) is 9.36 Å². The van der Waals surface area contributed by atoms with E-state index in [1.165, 1.54) is 11.5 Å². The van der Waals surface area contributed by atoms with Crippen molar-refractivity contribution < 1.29 is 9.84 Å². The molecule has 0 spiro atoms. The van der Waals surface area contributed by atoms with Crippen molar-refractivity contribution in [1.82, 2.24) is 9.36 Å². The van der Waals surface area contributed by atoms with Gasteiger partial charge in [0.1, 0.15) is 5.82 Å². The maximum atomic E-state index is 8.94. The second kappa shape index (κ2) is 6.71. The van der Waals surface area contributed by atoms with Crippen molar-refractivity contribution in [2.75, 3.05) is 38.3 Å². The Morgan fingerprint density at radius 2 is 2.27 bits per heavy atom. The Morgan fingerprint density at radius 3 is 2.80 bits per heavy atom. The van der Waals surface area contributed by atoms with E-state index in [0.717, 1.165) is 23.9 Å². The summed E-state index contributed by atoms with van der Waals surface area (Å²) in [5.74, 6) is 0.857. The van der Waals surface area contributed by atoms with Crippen LogP contribution in [0, 0.1) is 0 Å². The first-order valence-corrected chi connectivity index (χ1v) is 5.76. The number of methoxy groups -OCH3 is 1. The molecule has 15 heavy (non-hydrogen) atoms. The lowest BCUT2D eigenvalue weighted by atomic mass is 10.5. The van der Waals surface area contributed by atoms with Gasteiger partial charge in [0.25, 0.3) is 0 Å². The second-order valence-corrected chi connectivity index (χ2v) is 3.78. The van der Waals surface area contributed by atoms with E-state index in [9.17, 15) is 0 Å². The fourth-order valence-corrected chi connectivity index (χ4v) is 1.94. The quantitative estimate of drug-likeness (QED) is 0.742. The molecular weight excluding hydrogens is 214 g/mol. The molecule has 1 aromatic rings. The fraction of sp³-hybridized carbons (Fsp3) is 0.778. The number of aryl methyl sites for hydroxylation is 1. The third-order valence-electron chi connectivity index (χ3n) is 1.98. The van der Waals surface area contributed by atoms with Gasteiger partial charge in [0.05, 0.1) is 13.2 Å². The number of aliphatic hydroxyl groups is 1. The molecule has 0 aromatic carbocycles. The summed E-state index contributed by atoms with van der Waals surface area (Å²) in [5.41, 5.74) is 0. The van der Waals surface area contributed by atoms with E-state index in [1.54, 1.807) is 7.11 Å². The van der Waals surface area contributed by atoms with Crippen molar-refractivity contribution in [2.24, 2.45) is 0 Å². The van der Waals surface area contributed by atoms with E-state index >= 15 is 0 Å². The molecule has 1 heterocycles. The van der Waals surface area contributed by atoms with Gasteiger partial charge < -0.3 is 14.7 Å². The SMILES string of the molecule is CCc1nsc(N(CCO)CCOC)n1. The summed E-state index contributed by atoms with van der Waals surface area (Å²) >= 11 is 1.37. The Labute approximate surface area is 93.9 Å². The Morgan fingerprint density at radius 1 is 1.47 bits per heavy atom. The van der Waals surface area contributed by atoms with Crippen molar-refractivity contribution in [3.8, 4) is 0 Å². The highest BCUT2D eigenvalue weighted by molar-refractivity contribution is 7.09. The monoisotopic (exact) mass is 231 g/mol. The van der Waals surface area contributed by atoms with E-state index in [0.29, 0.717) is 13.2 Å². The highest BCUT2D eigenvalue weighted by Gasteiger charge is 2.10. The van der Waals surface area contributed by atoms with Crippen LogP contribution in [0.1, 0.15) is 12.7 Å². The van der Waals surface area contributed by atoms with Crippen LogP contribution in [0.15, 0.2) is 0 Å². The largest absolute Gasteiger partial charge is 0.395 e. The minimum Gasteiger partial charge on any atom is -0.395 e. The molecule has 1 aromatic heterocycles. The van der Waals surface area contributed by atoms with Crippen LogP contribution in [-0.4, -0.2) is 47.9 Å². The molecule has 0 radical (unpaired) electrons. The number of aromatic nitrogens is 2.